The molecule has 0 aliphatic carbocycles. The molecule has 1 fully saturated rings. The van der Waals surface area contributed by atoms with Crippen LogP contribution in [0.1, 0.15) is 30.5 Å². The predicted octanol–water partition coefficient (Wildman–Crippen LogP) is 1.17. The van der Waals surface area contributed by atoms with E-state index in [1.165, 1.54) is 0 Å². The van der Waals surface area contributed by atoms with Crippen molar-refractivity contribution < 1.29 is 18.3 Å². The first-order valence-electron chi connectivity index (χ1n) is 6.99. The van der Waals surface area contributed by atoms with Crippen LogP contribution < -0.4 is 0 Å². The molecule has 21 heavy (non-hydrogen) atoms. The summed E-state index contributed by atoms with van der Waals surface area (Å²) in [5, 5.41) is 12.0. The summed E-state index contributed by atoms with van der Waals surface area (Å²) in [6, 6.07) is -0.461. The Hall–Kier alpha value is -0.990. The lowest BCUT2D eigenvalue weighted by atomic mass is 10.2. The summed E-state index contributed by atoms with van der Waals surface area (Å²) in [6.07, 6.45) is 1.83. The summed E-state index contributed by atoms with van der Waals surface area (Å²) in [7, 11) is -3.13. The number of aryl methyl sites for hydroxylation is 1. The molecule has 0 radical (unpaired) electrons. The van der Waals surface area contributed by atoms with E-state index in [2.05, 4.69) is 11.9 Å². The smallest absolute Gasteiger partial charge is 0.304 e. The van der Waals surface area contributed by atoms with Crippen LogP contribution in [0.5, 0.6) is 0 Å². The Bertz CT molecular complexity index is 597. The third-order valence-electron chi connectivity index (χ3n) is 3.49. The Balaban J connectivity index is 2.06. The summed E-state index contributed by atoms with van der Waals surface area (Å²) in [5.74, 6) is -0.951. The summed E-state index contributed by atoms with van der Waals surface area (Å²) < 4.78 is 23.4. The zero-order chi connectivity index (χ0) is 15.5. The molecule has 1 N–H and O–H groups in total. The van der Waals surface area contributed by atoms with Crippen LogP contribution in [0.15, 0.2) is 5.38 Å². The first-order valence-corrected chi connectivity index (χ1v) is 9.69. The van der Waals surface area contributed by atoms with Gasteiger partial charge in [0.15, 0.2) is 9.84 Å². The highest BCUT2D eigenvalue weighted by molar-refractivity contribution is 7.91. The van der Waals surface area contributed by atoms with Crippen LogP contribution >= 0.6 is 11.3 Å². The van der Waals surface area contributed by atoms with Gasteiger partial charge in [-0.25, -0.2) is 13.4 Å². The number of carbonyl (C=O) groups is 1. The Kier molecular flexibility index (Phi) is 5.34. The predicted molar refractivity (Wildman–Crippen MR) is 81.2 cm³/mol. The first kappa shape index (κ1) is 16.4. The molecule has 0 amide bonds. The molecule has 118 valence electrons. The van der Waals surface area contributed by atoms with Crippen molar-refractivity contribution in [3.05, 3.63) is 16.1 Å². The average Bonchev–Trinajstić information content (AvgIpc) is 2.79. The SMILES string of the molecule is CCCc1nc(CN2CCS(=O)(=O)CC2CC(=O)O)cs1. The highest BCUT2D eigenvalue weighted by Crippen LogP contribution is 2.20. The van der Waals surface area contributed by atoms with Crippen molar-refractivity contribution >= 4 is 27.1 Å². The number of thiazole rings is 1. The molecule has 1 saturated heterocycles. The van der Waals surface area contributed by atoms with Crippen LogP contribution in [0.25, 0.3) is 0 Å². The Morgan fingerprint density at radius 2 is 2.33 bits per heavy atom. The van der Waals surface area contributed by atoms with Crippen LogP contribution in [-0.2, 0) is 27.6 Å². The fraction of sp³-hybridized carbons (Fsp3) is 0.692. The third-order valence-corrected chi connectivity index (χ3v) is 6.15. The Morgan fingerprint density at radius 3 is 3.00 bits per heavy atom. The van der Waals surface area contributed by atoms with Gasteiger partial charge in [0.2, 0.25) is 0 Å². The van der Waals surface area contributed by atoms with Gasteiger partial charge in [0.1, 0.15) is 0 Å². The van der Waals surface area contributed by atoms with Crippen molar-refractivity contribution in [2.45, 2.75) is 38.8 Å². The quantitative estimate of drug-likeness (QED) is 0.841. The number of sulfone groups is 1. The molecule has 1 aromatic heterocycles. The van der Waals surface area contributed by atoms with Gasteiger partial charge in [0.05, 0.1) is 28.6 Å². The fourth-order valence-corrected chi connectivity index (χ4v) is 4.96. The topological polar surface area (TPSA) is 87.6 Å². The highest BCUT2D eigenvalue weighted by atomic mass is 32.2. The van der Waals surface area contributed by atoms with Gasteiger partial charge < -0.3 is 5.11 Å². The third kappa shape index (κ3) is 4.76. The summed E-state index contributed by atoms with van der Waals surface area (Å²) in [4.78, 5) is 17.4. The standard InChI is InChI=1S/C13H20N2O4S2/c1-2-3-12-14-10(8-20-12)7-15-4-5-21(18,19)9-11(15)6-13(16)17/h8,11H,2-7,9H2,1H3,(H,16,17). The number of carboxylic acid groups (broad SMARTS) is 1. The van der Waals surface area contributed by atoms with Gasteiger partial charge in [-0.05, 0) is 12.8 Å². The minimum absolute atomic E-state index is 0.0781. The monoisotopic (exact) mass is 332 g/mol. The minimum atomic E-state index is -3.13. The molecule has 1 aliphatic heterocycles. The molecule has 8 heteroatoms. The lowest BCUT2D eigenvalue weighted by Gasteiger charge is -2.34. The lowest BCUT2D eigenvalue weighted by molar-refractivity contribution is -0.138. The first-order chi connectivity index (χ1) is 9.89. The van der Waals surface area contributed by atoms with Gasteiger partial charge in [-0.3, -0.25) is 9.69 Å². The van der Waals surface area contributed by atoms with Crippen LogP contribution in [0, 0.1) is 0 Å². The van der Waals surface area contributed by atoms with E-state index in [1.807, 2.05) is 10.3 Å². The van der Waals surface area contributed by atoms with Gasteiger partial charge in [-0.15, -0.1) is 11.3 Å². The van der Waals surface area contributed by atoms with Crippen molar-refractivity contribution in [3.8, 4) is 0 Å². The molecule has 0 spiro atoms. The van der Waals surface area contributed by atoms with E-state index >= 15 is 0 Å². The molecule has 1 aromatic rings. The average molecular weight is 332 g/mol. The normalized spacial score (nSPS) is 22.2. The zero-order valence-corrected chi connectivity index (χ0v) is 13.6. The largest absolute Gasteiger partial charge is 0.481 e. The number of hydrogen-bond acceptors (Lipinski definition) is 6. The molecule has 6 nitrogen and oxygen atoms in total. The second kappa shape index (κ2) is 6.85. The molecule has 2 rings (SSSR count). The van der Waals surface area contributed by atoms with E-state index in [0.717, 1.165) is 23.5 Å². The highest BCUT2D eigenvalue weighted by Gasteiger charge is 2.32. The van der Waals surface area contributed by atoms with E-state index in [-0.39, 0.29) is 17.9 Å². The van der Waals surface area contributed by atoms with E-state index in [9.17, 15) is 13.2 Å². The number of carboxylic acids is 1. The second-order valence-corrected chi connectivity index (χ2v) is 8.49. The number of aromatic nitrogens is 1. The van der Waals surface area contributed by atoms with Crippen LogP contribution in [0.2, 0.25) is 0 Å². The van der Waals surface area contributed by atoms with Gasteiger partial charge in [-0.2, -0.15) is 0 Å². The summed E-state index contributed by atoms with van der Waals surface area (Å²) in [5.41, 5.74) is 0.901. The molecule has 0 aromatic carbocycles. The van der Waals surface area contributed by atoms with Crippen molar-refractivity contribution in [1.29, 1.82) is 0 Å². The molecule has 1 atom stereocenters. The molecular weight excluding hydrogens is 312 g/mol. The molecular formula is C13H20N2O4S2. The number of rotatable bonds is 6. The number of aliphatic carboxylic acids is 1. The fourth-order valence-electron chi connectivity index (χ4n) is 2.48. The maximum atomic E-state index is 11.7. The van der Waals surface area contributed by atoms with E-state index in [4.69, 9.17) is 5.11 Å². The molecule has 1 aliphatic rings. The summed E-state index contributed by atoms with van der Waals surface area (Å²) >= 11 is 1.61. The minimum Gasteiger partial charge on any atom is -0.481 e. The second-order valence-electron chi connectivity index (χ2n) is 5.32. The van der Waals surface area contributed by atoms with Gasteiger partial charge in [0, 0.05) is 24.5 Å². The van der Waals surface area contributed by atoms with Gasteiger partial charge in [-0.1, -0.05) is 6.92 Å². The summed E-state index contributed by atoms with van der Waals surface area (Å²) in [6.45, 7) is 2.99. The van der Waals surface area contributed by atoms with Gasteiger partial charge >= 0.3 is 5.97 Å². The number of hydrogen-bond donors (Lipinski definition) is 1. The molecule has 1 unspecified atom stereocenters. The number of nitrogens with zero attached hydrogens (tertiary/aromatic N) is 2. The maximum absolute atomic E-state index is 11.7. The Labute approximate surface area is 128 Å². The van der Waals surface area contributed by atoms with E-state index in [1.54, 1.807) is 11.3 Å². The molecule has 0 saturated carbocycles. The van der Waals surface area contributed by atoms with Crippen molar-refractivity contribution in [3.63, 3.8) is 0 Å². The zero-order valence-electron chi connectivity index (χ0n) is 12.0. The van der Waals surface area contributed by atoms with E-state index in [0.29, 0.717) is 13.1 Å². The molecule has 2 heterocycles. The maximum Gasteiger partial charge on any atom is 0.304 e. The van der Waals surface area contributed by atoms with Crippen molar-refractivity contribution in [1.82, 2.24) is 9.88 Å². The Morgan fingerprint density at radius 1 is 1.57 bits per heavy atom. The van der Waals surface area contributed by atoms with Gasteiger partial charge in [0.25, 0.3) is 0 Å². The molecule has 0 bridgehead atoms. The van der Waals surface area contributed by atoms with Crippen molar-refractivity contribution in [2.75, 3.05) is 18.1 Å². The van der Waals surface area contributed by atoms with Crippen LogP contribution in [0.4, 0.5) is 0 Å². The van der Waals surface area contributed by atoms with Crippen LogP contribution in [0.3, 0.4) is 0 Å². The lowest BCUT2D eigenvalue weighted by Crippen LogP contribution is -2.48. The van der Waals surface area contributed by atoms with E-state index < -0.39 is 21.8 Å². The van der Waals surface area contributed by atoms with Crippen LogP contribution in [-0.4, -0.2) is 53.5 Å². The van der Waals surface area contributed by atoms with Crippen molar-refractivity contribution in [2.24, 2.45) is 0 Å².